The van der Waals surface area contributed by atoms with Crippen molar-refractivity contribution in [2.24, 2.45) is 7.05 Å². The number of fused-ring (bicyclic) bond motifs is 9. The Morgan fingerprint density at radius 1 is 0.400 bits per heavy atom. The zero-order chi connectivity index (χ0) is 36.5. The van der Waals surface area contributed by atoms with Crippen molar-refractivity contribution < 1.29 is 0 Å². The normalized spacial score (nSPS) is 11.7. The third-order valence-corrected chi connectivity index (χ3v) is 11.2. The molecule has 4 heterocycles. The van der Waals surface area contributed by atoms with Gasteiger partial charge < -0.3 is 9.13 Å². The van der Waals surface area contributed by atoms with Crippen LogP contribution in [0.3, 0.4) is 0 Å². The molecule has 0 bridgehead atoms. The lowest BCUT2D eigenvalue weighted by atomic mass is 9.99. The highest BCUT2D eigenvalue weighted by Crippen LogP contribution is 2.46. The summed E-state index contributed by atoms with van der Waals surface area (Å²) in [4.78, 5) is 9.79. The van der Waals surface area contributed by atoms with E-state index in [2.05, 4.69) is 156 Å². The van der Waals surface area contributed by atoms with Crippen LogP contribution in [-0.4, -0.2) is 19.1 Å². The predicted octanol–water partition coefficient (Wildman–Crippen LogP) is 13.0. The van der Waals surface area contributed by atoms with Crippen LogP contribution in [0.15, 0.2) is 188 Å². The quantitative estimate of drug-likeness (QED) is 0.184. The first kappa shape index (κ1) is 31.2. The highest BCUT2D eigenvalue weighted by molar-refractivity contribution is 6.14. The number of rotatable bonds is 3. The van der Waals surface area contributed by atoms with E-state index in [4.69, 9.17) is 9.97 Å². The van der Waals surface area contributed by atoms with Crippen LogP contribution in [0.2, 0.25) is 0 Å². The minimum Gasteiger partial charge on any atom is -0.344 e. The molecule has 1 aliphatic carbocycles. The molecule has 0 amide bonds. The molecule has 7 aromatic carbocycles. The summed E-state index contributed by atoms with van der Waals surface area (Å²) >= 11 is 0. The van der Waals surface area contributed by atoms with E-state index in [0.29, 0.717) is 0 Å². The third kappa shape index (κ3) is 4.92. The molecule has 0 saturated heterocycles. The topological polar surface area (TPSA) is 35.6 Å². The van der Waals surface area contributed by atoms with Gasteiger partial charge in [0.25, 0.3) is 0 Å². The maximum absolute atomic E-state index is 5.00. The van der Waals surface area contributed by atoms with E-state index >= 15 is 0 Å². The highest BCUT2D eigenvalue weighted by atomic mass is 15.0. The molecule has 4 aromatic heterocycles. The van der Waals surface area contributed by atoms with Gasteiger partial charge >= 0.3 is 0 Å². The average molecular weight is 703 g/mol. The fourth-order valence-corrected chi connectivity index (χ4v) is 8.62. The molecule has 0 atom stereocenters. The van der Waals surface area contributed by atoms with Gasteiger partial charge in [-0.25, -0.2) is 0 Å². The zero-order valence-corrected chi connectivity index (χ0v) is 30.2. The van der Waals surface area contributed by atoms with Crippen LogP contribution >= 0.6 is 0 Å². The first-order valence-corrected chi connectivity index (χ1v) is 18.7. The summed E-state index contributed by atoms with van der Waals surface area (Å²) in [5, 5.41) is 7.41. The summed E-state index contributed by atoms with van der Waals surface area (Å²) < 4.78 is 4.67. The van der Waals surface area contributed by atoms with Gasteiger partial charge in [0.05, 0.1) is 22.4 Å². The van der Waals surface area contributed by atoms with Gasteiger partial charge in [0.2, 0.25) is 0 Å². The van der Waals surface area contributed by atoms with Gasteiger partial charge in [0.15, 0.2) is 0 Å². The second-order valence-electron chi connectivity index (χ2n) is 14.3. The molecule has 11 aromatic rings. The number of benzene rings is 7. The van der Waals surface area contributed by atoms with E-state index in [9.17, 15) is 0 Å². The molecule has 4 heteroatoms. The van der Waals surface area contributed by atoms with Crippen LogP contribution in [0.1, 0.15) is 0 Å². The Morgan fingerprint density at radius 2 is 0.982 bits per heavy atom. The fraction of sp³-hybridized carbons (Fsp3) is 0.0196. The van der Waals surface area contributed by atoms with Gasteiger partial charge in [-0.1, -0.05) is 109 Å². The molecule has 0 saturated carbocycles. The average Bonchev–Trinajstić information content (AvgIpc) is 3.87. The Balaban J connectivity index is 0.000000539. The molecule has 1 aliphatic rings. The Morgan fingerprint density at radius 3 is 1.69 bits per heavy atom. The van der Waals surface area contributed by atoms with Crippen molar-refractivity contribution in [3.05, 3.63) is 188 Å². The molecule has 12 rings (SSSR count). The lowest BCUT2D eigenvalue weighted by molar-refractivity contribution is 1.01. The predicted molar refractivity (Wildman–Crippen MR) is 230 cm³/mol. The first-order chi connectivity index (χ1) is 27.2. The van der Waals surface area contributed by atoms with E-state index in [1.165, 1.54) is 76.8 Å². The number of pyridine rings is 2. The molecule has 0 fully saturated rings. The van der Waals surface area contributed by atoms with Gasteiger partial charge in [0.1, 0.15) is 0 Å². The molecule has 55 heavy (non-hydrogen) atoms. The summed E-state index contributed by atoms with van der Waals surface area (Å²) in [7, 11) is 2.16. The Kier molecular flexibility index (Phi) is 7.04. The van der Waals surface area contributed by atoms with E-state index < -0.39 is 0 Å². The Bertz CT molecular complexity index is 3230. The van der Waals surface area contributed by atoms with Gasteiger partial charge in [-0.05, 0) is 88.8 Å². The zero-order valence-electron chi connectivity index (χ0n) is 30.2. The molecular formula is C51H34N4. The van der Waals surface area contributed by atoms with E-state index in [0.717, 1.165) is 28.1 Å². The number of hydrogen-bond donors (Lipinski definition) is 0. The van der Waals surface area contributed by atoms with E-state index in [1.807, 2.05) is 48.8 Å². The summed E-state index contributed by atoms with van der Waals surface area (Å²) in [6.07, 6.45) is 3.92. The van der Waals surface area contributed by atoms with Gasteiger partial charge in [-0.15, -0.1) is 0 Å². The molecular weight excluding hydrogens is 669 g/mol. The van der Waals surface area contributed by atoms with Crippen LogP contribution in [-0.2, 0) is 7.05 Å². The second-order valence-corrected chi connectivity index (χ2v) is 14.3. The van der Waals surface area contributed by atoms with Gasteiger partial charge in [-0.3, -0.25) is 9.97 Å². The van der Waals surface area contributed by atoms with E-state index in [-0.39, 0.29) is 0 Å². The van der Waals surface area contributed by atoms with Crippen LogP contribution in [0.25, 0.3) is 105 Å². The standard InChI is InChI=1S/C45H28N4.C6H6/c1-48-39-17-14-28(29-16-19-42-35(22-29)33-11-5-6-13-41(33)49(42)32-9-3-2-4-10-32)23-36(39)37-24-30(15-18-40(37)48)31-25-38-44(47-26-31)34-12-7-8-27-20-21-46-45(38)43(27)34;1-2-4-6-5-3-1/h2-26H,1H3;1-6H. The summed E-state index contributed by atoms with van der Waals surface area (Å²) in [6, 6.07) is 62.7. The van der Waals surface area contributed by atoms with Gasteiger partial charge in [0, 0.05) is 79.8 Å². The van der Waals surface area contributed by atoms with Crippen molar-refractivity contribution in [3.63, 3.8) is 0 Å². The minimum absolute atomic E-state index is 1.02. The van der Waals surface area contributed by atoms with E-state index in [1.54, 1.807) is 0 Å². The number of nitrogens with zero attached hydrogens (tertiary/aromatic N) is 4. The van der Waals surface area contributed by atoms with Crippen molar-refractivity contribution in [2.45, 2.75) is 0 Å². The second kappa shape index (κ2) is 12.4. The molecule has 4 nitrogen and oxygen atoms in total. The molecule has 0 unspecified atom stereocenters. The van der Waals surface area contributed by atoms with Crippen molar-refractivity contribution in [1.29, 1.82) is 0 Å². The van der Waals surface area contributed by atoms with Crippen LogP contribution in [0.5, 0.6) is 0 Å². The summed E-state index contributed by atoms with van der Waals surface area (Å²) in [6.45, 7) is 0. The van der Waals surface area contributed by atoms with Crippen molar-refractivity contribution in [1.82, 2.24) is 19.1 Å². The molecule has 0 N–H and O–H groups in total. The lowest BCUT2D eigenvalue weighted by Gasteiger charge is -2.08. The van der Waals surface area contributed by atoms with Crippen molar-refractivity contribution in [3.8, 4) is 50.5 Å². The molecule has 258 valence electrons. The molecule has 0 radical (unpaired) electrons. The Hall–Kier alpha value is -7.30. The Labute approximate surface area is 318 Å². The van der Waals surface area contributed by atoms with Crippen molar-refractivity contribution in [2.75, 3.05) is 0 Å². The summed E-state index contributed by atoms with van der Waals surface area (Å²) in [5.74, 6) is 0. The third-order valence-electron chi connectivity index (χ3n) is 11.2. The maximum atomic E-state index is 5.00. The summed E-state index contributed by atoms with van der Waals surface area (Å²) in [5.41, 5.74) is 15.0. The maximum Gasteiger partial charge on any atom is 0.0809 e. The number of hydrogen-bond acceptors (Lipinski definition) is 2. The van der Waals surface area contributed by atoms with Crippen LogP contribution in [0.4, 0.5) is 0 Å². The highest BCUT2D eigenvalue weighted by Gasteiger charge is 2.24. The van der Waals surface area contributed by atoms with Crippen LogP contribution in [0, 0.1) is 0 Å². The van der Waals surface area contributed by atoms with Crippen LogP contribution < -0.4 is 0 Å². The van der Waals surface area contributed by atoms with Crippen molar-refractivity contribution >= 4 is 54.4 Å². The molecule has 0 spiro atoms. The lowest BCUT2D eigenvalue weighted by Crippen LogP contribution is -1.92. The number of aromatic nitrogens is 4. The monoisotopic (exact) mass is 702 g/mol. The fourth-order valence-electron chi connectivity index (χ4n) is 8.62. The molecule has 0 aliphatic heterocycles. The number of para-hydroxylation sites is 2. The number of aryl methyl sites for hydroxylation is 1. The SMILES string of the molecule is Cn1c2ccc(-c3cnc4c(c3)-c3nccc5cccc-4c35)cc2c2cc(-c3ccc4c(c3)c3ccccc3n4-c3ccccc3)ccc21.c1ccccc1. The minimum atomic E-state index is 1.02. The first-order valence-electron chi connectivity index (χ1n) is 18.7. The largest absolute Gasteiger partial charge is 0.344 e. The van der Waals surface area contributed by atoms with Gasteiger partial charge in [-0.2, -0.15) is 0 Å². The smallest absolute Gasteiger partial charge is 0.0809 e.